The molecule has 0 fully saturated rings. The minimum atomic E-state index is -0.0226. The van der Waals surface area contributed by atoms with Crippen LogP contribution in [0.25, 0.3) is 0 Å². The van der Waals surface area contributed by atoms with Gasteiger partial charge in [-0.05, 0) is 50.1 Å². The van der Waals surface area contributed by atoms with Gasteiger partial charge in [-0.25, -0.2) is 4.98 Å². The molecule has 0 unspecified atom stereocenters. The maximum atomic E-state index is 12.4. The van der Waals surface area contributed by atoms with Crippen molar-refractivity contribution in [2.24, 2.45) is 0 Å². The molecule has 2 aromatic carbocycles. The molecule has 6 heteroatoms. The highest BCUT2D eigenvalue weighted by molar-refractivity contribution is 9.10. The third kappa shape index (κ3) is 4.81. The average molecular weight is 461 g/mol. The molecule has 0 spiro atoms. The van der Waals surface area contributed by atoms with Crippen LogP contribution in [0.5, 0.6) is 0 Å². The summed E-state index contributed by atoms with van der Waals surface area (Å²) in [5.41, 5.74) is 5.29. The van der Waals surface area contributed by atoms with E-state index in [1.807, 2.05) is 31.4 Å². The molecular formula is C21H21BrN2OS2. The number of benzene rings is 2. The average Bonchev–Trinajstić information content (AvgIpc) is 3.04. The summed E-state index contributed by atoms with van der Waals surface area (Å²) >= 11 is 6.75. The van der Waals surface area contributed by atoms with Gasteiger partial charge < -0.3 is 0 Å². The van der Waals surface area contributed by atoms with E-state index in [0.717, 1.165) is 37.9 Å². The molecule has 0 aliphatic rings. The van der Waals surface area contributed by atoms with Gasteiger partial charge in [-0.2, -0.15) is 0 Å². The van der Waals surface area contributed by atoms with Crippen LogP contribution in [-0.4, -0.2) is 10.9 Å². The van der Waals surface area contributed by atoms with Gasteiger partial charge in [0.15, 0.2) is 5.13 Å². The first kappa shape index (κ1) is 20.1. The number of aryl methyl sites for hydroxylation is 3. The molecule has 0 aliphatic heterocycles. The van der Waals surface area contributed by atoms with Gasteiger partial charge in [0.2, 0.25) is 5.91 Å². The van der Waals surface area contributed by atoms with Crippen LogP contribution in [0.15, 0.2) is 51.1 Å². The Morgan fingerprint density at radius 3 is 2.52 bits per heavy atom. The number of amides is 1. The lowest BCUT2D eigenvalue weighted by molar-refractivity contribution is -0.115. The molecule has 0 saturated heterocycles. The number of hydrogen-bond donors (Lipinski definition) is 0. The van der Waals surface area contributed by atoms with Crippen molar-refractivity contribution in [2.45, 2.75) is 38.3 Å². The highest BCUT2D eigenvalue weighted by Gasteiger charge is 2.21. The summed E-state index contributed by atoms with van der Waals surface area (Å²) < 4.78 is 1.07. The number of aromatic nitrogens is 1. The molecule has 1 amide bonds. The fourth-order valence-electron chi connectivity index (χ4n) is 3.09. The van der Waals surface area contributed by atoms with Crippen LogP contribution in [0.1, 0.15) is 29.3 Å². The number of thioether (sulfide) groups is 1. The molecule has 3 rings (SSSR count). The molecule has 0 atom stereocenters. The van der Waals surface area contributed by atoms with Gasteiger partial charge in [0.25, 0.3) is 0 Å². The Morgan fingerprint density at radius 2 is 1.89 bits per heavy atom. The van der Waals surface area contributed by atoms with Gasteiger partial charge in [-0.1, -0.05) is 39.7 Å². The molecule has 3 aromatic rings. The zero-order chi connectivity index (χ0) is 19.6. The van der Waals surface area contributed by atoms with E-state index in [9.17, 15) is 4.79 Å². The summed E-state index contributed by atoms with van der Waals surface area (Å²) in [6.45, 7) is 7.75. The van der Waals surface area contributed by atoms with Crippen molar-refractivity contribution in [1.29, 1.82) is 0 Å². The zero-order valence-electron chi connectivity index (χ0n) is 15.7. The smallest absolute Gasteiger partial charge is 0.230 e. The van der Waals surface area contributed by atoms with Crippen molar-refractivity contribution in [3.63, 3.8) is 0 Å². The molecule has 3 nitrogen and oxygen atoms in total. The van der Waals surface area contributed by atoms with E-state index in [0.29, 0.717) is 0 Å². The standard InChI is InChI=1S/C21H21BrN2OS2/c1-13-8-14(2)20(15(3)9-13)24(16(4)25)21-23-18(12-27-21)11-26-19-7-5-6-17(22)10-19/h5-10,12H,11H2,1-4H3. The van der Waals surface area contributed by atoms with Gasteiger partial charge in [-0.15, -0.1) is 23.1 Å². The first-order valence-corrected chi connectivity index (χ1v) is 11.2. The zero-order valence-corrected chi connectivity index (χ0v) is 19.0. The van der Waals surface area contributed by atoms with Crippen LogP contribution < -0.4 is 4.90 Å². The normalized spacial score (nSPS) is 10.9. The van der Waals surface area contributed by atoms with Gasteiger partial charge in [-0.3, -0.25) is 9.69 Å². The molecule has 0 aliphatic carbocycles. The summed E-state index contributed by atoms with van der Waals surface area (Å²) in [5.74, 6) is 0.746. The summed E-state index contributed by atoms with van der Waals surface area (Å²) in [7, 11) is 0. The molecular weight excluding hydrogens is 440 g/mol. The molecule has 1 aromatic heterocycles. The summed E-state index contributed by atoms with van der Waals surface area (Å²) in [6, 6.07) is 12.4. The van der Waals surface area contributed by atoms with Gasteiger partial charge in [0.1, 0.15) is 0 Å². The summed E-state index contributed by atoms with van der Waals surface area (Å²) in [5, 5.41) is 2.76. The maximum Gasteiger partial charge on any atom is 0.230 e. The molecule has 140 valence electrons. The lowest BCUT2D eigenvalue weighted by Crippen LogP contribution is -2.24. The van der Waals surface area contributed by atoms with Crippen molar-refractivity contribution < 1.29 is 4.79 Å². The van der Waals surface area contributed by atoms with E-state index in [1.54, 1.807) is 23.6 Å². The van der Waals surface area contributed by atoms with E-state index in [1.165, 1.54) is 21.8 Å². The number of nitrogens with zero attached hydrogens (tertiary/aromatic N) is 2. The fraction of sp³-hybridized carbons (Fsp3) is 0.238. The summed E-state index contributed by atoms with van der Waals surface area (Å²) in [4.78, 5) is 20.1. The SMILES string of the molecule is CC(=O)N(c1nc(CSc2cccc(Br)c2)cs1)c1c(C)cc(C)cc1C. The van der Waals surface area contributed by atoms with E-state index >= 15 is 0 Å². The van der Waals surface area contributed by atoms with Crippen LogP contribution >= 0.6 is 39.0 Å². The van der Waals surface area contributed by atoms with Crippen molar-refractivity contribution in [3.05, 3.63) is 68.6 Å². The third-order valence-electron chi connectivity index (χ3n) is 4.09. The van der Waals surface area contributed by atoms with Gasteiger partial charge in [0.05, 0.1) is 11.4 Å². The van der Waals surface area contributed by atoms with Gasteiger partial charge in [0, 0.05) is 27.4 Å². The highest BCUT2D eigenvalue weighted by Crippen LogP contribution is 2.35. The van der Waals surface area contributed by atoms with Crippen molar-refractivity contribution in [3.8, 4) is 0 Å². The van der Waals surface area contributed by atoms with Crippen molar-refractivity contribution in [1.82, 2.24) is 4.98 Å². The first-order chi connectivity index (χ1) is 12.8. The monoisotopic (exact) mass is 460 g/mol. The number of rotatable bonds is 5. The largest absolute Gasteiger partial charge is 0.274 e. The second-order valence-corrected chi connectivity index (χ2v) is 9.27. The number of halogens is 1. The Bertz CT molecular complexity index is 961. The Morgan fingerprint density at radius 1 is 1.19 bits per heavy atom. The predicted octanol–water partition coefficient (Wildman–Crippen LogP) is 6.81. The number of carbonyl (C=O) groups excluding carboxylic acids is 1. The van der Waals surface area contributed by atoms with Crippen LogP contribution in [0.2, 0.25) is 0 Å². The Labute approximate surface area is 177 Å². The second-order valence-electron chi connectivity index (χ2n) is 6.47. The number of carbonyl (C=O) groups is 1. The van der Waals surface area contributed by atoms with E-state index in [-0.39, 0.29) is 5.91 Å². The lowest BCUT2D eigenvalue weighted by Gasteiger charge is -2.23. The Hall–Kier alpha value is -1.63. The fourth-order valence-corrected chi connectivity index (χ4v) is 5.47. The van der Waals surface area contributed by atoms with Crippen LogP contribution in [0.3, 0.4) is 0 Å². The Kier molecular flexibility index (Phi) is 6.40. The molecule has 0 bridgehead atoms. The van der Waals surface area contributed by atoms with Gasteiger partial charge >= 0.3 is 0 Å². The summed E-state index contributed by atoms with van der Waals surface area (Å²) in [6.07, 6.45) is 0. The van der Waals surface area contributed by atoms with E-state index in [4.69, 9.17) is 4.98 Å². The lowest BCUT2D eigenvalue weighted by atomic mass is 10.0. The molecule has 1 heterocycles. The second kappa shape index (κ2) is 8.59. The number of thiazole rings is 1. The van der Waals surface area contributed by atoms with Crippen molar-refractivity contribution in [2.75, 3.05) is 4.90 Å². The molecule has 0 N–H and O–H groups in total. The van der Waals surface area contributed by atoms with Crippen LogP contribution in [0, 0.1) is 20.8 Å². The minimum Gasteiger partial charge on any atom is -0.274 e. The Balaban J connectivity index is 1.85. The third-order valence-corrected chi connectivity index (χ3v) is 6.48. The van der Waals surface area contributed by atoms with Crippen molar-refractivity contribution >= 4 is 55.8 Å². The topological polar surface area (TPSA) is 33.2 Å². The van der Waals surface area contributed by atoms with Crippen LogP contribution in [0.4, 0.5) is 10.8 Å². The van der Waals surface area contributed by atoms with E-state index in [2.05, 4.69) is 47.1 Å². The maximum absolute atomic E-state index is 12.4. The predicted molar refractivity (Wildman–Crippen MR) is 119 cm³/mol. The first-order valence-electron chi connectivity index (χ1n) is 8.56. The molecule has 0 saturated carbocycles. The number of hydrogen-bond acceptors (Lipinski definition) is 4. The quantitative estimate of drug-likeness (QED) is 0.392. The van der Waals surface area contributed by atoms with E-state index < -0.39 is 0 Å². The molecule has 27 heavy (non-hydrogen) atoms. The molecule has 0 radical (unpaired) electrons. The number of anilines is 2. The minimum absolute atomic E-state index is 0.0226. The highest BCUT2D eigenvalue weighted by atomic mass is 79.9. The van der Waals surface area contributed by atoms with Crippen LogP contribution in [-0.2, 0) is 10.5 Å².